The summed E-state index contributed by atoms with van der Waals surface area (Å²) < 4.78 is 138. The van der Waals surface area contributed by atoms with Crippen LogP contribution >= 0.6 is 20.4 Å². The molecule has 0 spiro atoms. The van der Waals surface area contributed by atoms with Crippen molar-refractivity contribution in [1.82, 2.24) is 9.13 Å². The van der Waals surface area contributed by atoms with Gasteiger partial charge in [0.05, 0.1) is 22.4 Å². The van der Waals surface area contributed by atoms with E-state index in [1.165, 1.54) is 4.57 Å². The third-order valence-corrected chi connectivity index (χ3v) is 9.87. The van der Waals surface area contributed by atoms with Gasteiger partial charge in [-0.15, -0.1) is 0 Å². The van der Waals surface area contributed by atoms with Gasteiger partial charge in [-0.25, -0.2) is 0 Å². The van der Waals surface area contributed by atoms with Crippen molar-refractivity contribution in [3.63, 3.8) is 0 Å². The topological polar surface area (TPSA) is 9.86 Å². The summed E-state index contributed by atoms with van der Waals surface area (Å²) in [6.45, 7) is 3.79. The summed E-state index contributed by atoms with van der Waals surface area (Å²) in [6, 6.07) is 22.4. The zero-order valence-corrected chi connectivity index (χ0v) is 25.5. The molecule has 0 bridgehead atoms. The van der Waals surface area contributed by atoms with Crippen LogP contribution in [0.4, 0.5) is 38.9 Å². The largest absolute Gasteiger partial charge is 0.310 e. The molecule has 6 rings (SSSR count). The summed E-state index contributed by atoms with van der Waals surface area (Å²) in [4.78, 5) is -4.23. The van der Waals surface area contributed by atoms with E-state index < -0.39 is 30.2 Å². The van der Waals surface area contributed by atoms with E-state index in [0.717, 1.165) is 41.0 Å². The Labute approximate surface area is 257 Å². The average molecular weight is 691 g/mol. The van der Waals surface area contributed by atoms with E-state index in [9.17, 15) is 38.9 Å². The van der Waals surface area contributed by atoms with E-state index in [2.05, 4.69) is 0 Å². The molecule has 0 atom stereocenters. The first-order chi connectivity index (χ1) is 20.9. The molecule has 0 N–H and O–H groups in total. The molecule has 244 valence electrons. The van der Waals surface area contributed by atoms with Gasteiger partial charge in [-0.05, 0) is 85.6 Å². The predicted octanol–water partition coefficient (Wildman–Crippen LogP) is 13.7. The summed E-state index contributed by atoms with van der Waals surface area (Å²) in [6.07, 6.45) is 0. The van der Waals surface area contributed by atoms with Crippen LogP contribution in [0.5, 0.6) is 0 Å². The molecule has 0 aliphatic carbocycles. The fourth-order valence-electron chi connectivity index (χ4n) is 5.29. The summed E-state index contributed by atoms with van der Waals surface area (Å²) in [5.74, 6) is 0. The molecule has 46 heavy (non-hydrogen) atoms. The summed E-state index contributed by atoms with van der Waals surface area (Å²) in [7, 11) is -20.0. The quantitative estimate of drug-likeness (QED) is 0.154. The average Bonchev–Trinajstić information content (AvgIpc) is 3.48. The molecule has 4 aromatic carbocycles. The fraction of sp³-hybridized carbons (Fsp3) is 0.0625. The van der Waals surface area contributed by atoms with Crippen LogP contribution in [-0.2, 0) is 0 Å². The Hall–Kier alpha value is -4.30. The maximum absolute atomic E-state index is 13.5. The minimum Gasteiger partial charge on any atom is -0.308 e. The van der Waals surface area contributed by atoms with Crippen LogP contribution in [-0.4, -0.2) is 9.13 Å². The van der Waals surface area contributed by atoms with Crippen molar-refractivity contribution in [2.24, 2.45) is 0 Å². The van der Waals surface area contributed by atoms with Gasteiger partial charge in [-0.2, -0.15) is 0 Å². The molecule has 0 aliphatic rings. The van der Waals surface area contributed by atoms with Gasteiger partial charge in [0.25, 0.3) is 0 Å². The van der Waals surface area contributed by atoms with Crippen molar-refractivity contribution >= 4 is 31.5 Å². The first-order valence-electron chi connectivity index (χ1n) is 13.5. The lowest BCUT2D eigenvalue weighted by molar-refractivity contribution is 0.360. The highest BCUT2D eigenvalue weighted by molar-refractivity contribution is 8.46. The van der Waals surface area contributed by atoms with E-state index in [1.807, 2.05) is 66.9 Å². The predicted molar refractivity (Wildman–Crippen MR) is 166 cm³/mol. The van der Waals surface area contributed by atoms with Crippen molar-refractivity contribution < 1.29 is 38.9 Å². The number of hydrogen-bond acceptors (Lipinski definition) is 0. The lowest BCUT2D eigenvalue weighted by atomic mass is 10.1. The number of benzene rings is 4. The van der Waals surface area contributed by atoms with Crippen LogP contribution in [0.25, 0.3) is 44.9 Å². The lowest BCUT2D eigenvalue weighted by Gasteiger charge is -2.40. The van der Waals surface area contributed by atoms with Crippen LogP contribution in [0.15, 0.2) is 119 Å². The fourth-order valence-corrected chi connectivity index (χ4v) is 6.59. The smallest absolute Gasteiger partial charge is 0.308 e. The van der Waals surface area contributed by atoms with Crippen LogP contribution in [0.3, 0.4) is 0 Å². The molecule has 0 amide bonds. The highest BCUT2D eigenvalue weighted by Crippen LogP contribution is 3.02. The Bertz CT molecular complexity index is 2130. The molecule has 14 heteroatoms. The SMILES string of the molecule is Cc1ccc(-c2cc3c(cc(-c4ccc(S(F)(F)(F)(F)F)cc4)n3-c3ccc(S(F)(F)(F)(F)F)cc3)n2-c2ccc(C)cc2)cc1. The monoisotopic (exact) mass is 690 g/mol. The Morgan fingerprint density at radius 1 is 0.391 bits per heavy atom. The Kier molecular flexibility index (Phi) is 6.01. The van der Waals surface area contributed by atoms with Gasteiger partial charge in [-0.1, -0.05) is 98.5 Å². The number of nitrogens with zero attached hydrogens (tertiary/aromatic N) is 2. The molecule has 2 aromatic heterocycles. The van der Waals surface area contributed by atoms with Gasteiger partial charge in [0.2, 0.25) is 0 Å². The summed E-state index contributed by atoms with van der Waals surface area (Å²) in [5.41, 5.74) is 4.95. The van der Waals surface area contributed by atoms with Gasteiger partial charge in [0.15, 0.2) is 0 Å². The minimum atomic E-state index is -10.0. The van der Waals surface area contributed by atoms with Gasteiger partial charge in [0.1, 0.15) is 9.79 Å². The van der Waals surface area contributed by atoms with Crippen LogP contribution in [0.2, 0.25) is 0 Å². The summed E-state index contributed by atoms with van der Waals surface area (Å²) in [5, 5.41) is 0. The van der Waals surface area contributed by atoms with Crippen molar-refractivity contribution in [3.8, 4) is 33.9 Å². The van der Waals surface area contributed by atoms with E-state index >= 15 is 0 Å². The van der Waals surface area contributed by atoms with E-state index in [0.29, 0.717) is 22.4 Å². The van der Waals surface area contributed by atoms with Crippen LogP contribution in [0, 0.1) is 13.8 Å². The molecule has 0 aliphatic heterocycles. The lowest BCUT2D eigenvalue weighted by Crippen LogP contribution is -2.06. The second kappa shape index (κ2) is 8.73. The van der Waals surface area contributed by atoms with Crippen LogP contribution in [0.1, 0.15) is 11.1 Å². The molecule has 2 heterocycles. The number of rotatable bonds is 6. The third-order valence-electron chi connectivity index (χ3n) is 7.55. The van der Waals surface area contributed by atoms with Gasteiger partial charge in [-0.3, -0.25) is 0 Å². The molecule has 0 unspecified atom stereocenters. The normalized spacial score (nSPS) is 15.7. The molecule has 6 aromatic rings. The van der Waals surface area contributed by atoms with E-state index in [1.54, 1.807) is 12.1 Å². The van der Waals surface area contributed by atoms with Crippen molar-refractivity contribution in [3.05, 3.63) is 120 Å². The number of aromatic nitrogens is 2. The standard InChI is InChI=1S/C32H24F10N2S2/c1-21-3-7-23(8-4-21)29-19-32-31(43(29)25-11-5-22(2)6-12-25)20-30(24-9-15-27(16-10-24)45(33,34,35,36)37)44(32)26-13-17-28(18-14-26)46(38,39,40,41)42/h3-20H,1-2H3. The highest BCUT2D eigenvalue weighted by atomic mass is 32.5. The first-order valence-corrected chi connectivity index (χ1v) is 17.4. The second-order valence-electron chi connectivity index (χ2n) is 11.2. The Balaban J connectivity index is 1.66. The van der Waals surface area contributed by atoms with Gasteiger partial charge >= 0.3 is 20.4 Å². The molecular weight excluding hydrogens is 666 g/mol. The molecule has 0 fully saturated rings. The number of aryl methyl sites for hydroxylation is 2. The van der Waals surface area contributed by atoms with Gasteiger partial charge in [0, 0.05) is 11.4 Å². The number of fused-ring (bicyclic) bond motifs is 1. The summed E-state index contributed by atoms with van der Waals surface area (Å²) >= 11 is 0. The number of halogens is 10. The van der Waals surface area contributed by atoms with Crippen molar-refractivity contribution in [2.45, 2.75) is 23.6 Å². The molecule has 0 radical (unpaired) electrons. The zero-order chi connectivity index (χ0) is 33.6. The van der Waals surface area contributed by atoms with Crippen molar-refractivity contribution in [2.75, 3.05) is 0 Å². The third kappa shape index (κ3) is 5.98. The van der Waals surface area contributed by atoms with Crippen molar-refractivity contribution in [1.29, 1.82) is 0 Å². The zero-order valence-electron chi connectivity index (χ0n) is 23.9. The van der Waals surface area contributed by atoms with E-state index in [-0.39, 0.29) is 41.2 Å². The molecule has 2 nitrogen and oxygen atoms in total. The maximum atomic E-state index is 13.5. The molecule has 0 saturated carbocycles. The number of hydrogen-bond donors (Lipinski definition) is 0. The van der Waals surface area contributed by atoms with E-state index in [4.69, 9.17) is 0 Å². The first kappa shape index (κ1) is 31.7. The Morgan fingerprint density at radius 2 is 0.674 bits per heavy atom. The molecule has 0 saturated heterocycles. The minimum absolute atomic E-state index is 0.0194. The maximum Gasteiger partial charge on any atom is 0.310 e. The van der Waals surface area contributed by atoms with Gasteiger partial charge < -0.3 is 9.13 Å². The second-order valence-corrected chi connectivity index (χ2v) is 16.0. The highest BCUT2D eigenvalue weighted by Gasteiger charge is 2.66. The Morgan fingerprint density at radius 3 is 1.02 bits per heavy atom. The van der Waals surface area contributed by atoms with Crippen LogP contribution < -0.4 is 0 Å². The molecular formula is C32H24F10N2S2.